The summed E-state index contributed by atoms with van der Waals surface area (Å²) in [5.74, 6) is 0. The van der Waals surface area contributed by atoms with Crippen molar-refractivity contribution >= 4 is 46.0 Å². The molecule has 1 fully saturated rings. The minimum absolute atomic E-state index is 0.0636. The monoisotopic (exact) mass is 601 g/mol. The van der Waals surface area contributed by atoms with E-state index >= 15 is 0 Å². The molecule has 2 amide bonds. The van der Waals surface area contributed by atoms with Crippen LogP contribution in [0.1, 0.15) is 5.56 Å². The van der Waals surface area contributed by atoms with Crippen molar-refractivity contribution in [3.63, 3.8) is 0 Å². The Balaban J connectivity index is 1.23. The fourth-order valence-corrected chi connectivity index (χ4v) is 4.83. The van der Waals surface area contributed by atoms with Gasteiger partial charge in [-0.15, -0.1) is 0 Å². The summed E-state index contributed by atoms with van der Waals surface area (Å²) in [5.41, 5.74) is 4.10. The predicted molar refractivity (Wildman–Crippen MR) is 153 cm³/mol. The van der Waals surface area contributed by atoms with Crippen LogP contribution in [0.15, 0.2) is 67.1 Å². The lowest BCUT2D eigenvalue weighted by Gasteiger charge is -2.26. The van der Waals surface area contributed by atoms with Crippen LogP contribution in [0.5, 0.6) is 0 Å². The first-order valence-electron chi connectivity index (χ1n) is 13.1. The number of piperazine rings is 1. The number of nitrogens with one attached hydrogen (secondary N) is 4. The van der Waals surface area contributed by atoms with Gasteiger partial charge in [-0.1, -0.05) is 23.7 Å². The Hall–Kier alpha value is -4.17. The number of carbonyl (C=O) groups excluding carboxylic acids is 2. The van der Waals surface area contributed by atoms with Crippen molar-refractivity contribution in [3.05, 3.63) is 77.7 Å². The Morgan fingerprint density at radius 1 is 1.02 bits per heavy atom. The van der Waals surface area contributed by atoms with Crippen molar-refractivity contribution in [1.29, 1.82) is 0 Å². The second-order valence-electron chi connectivity index (χ2n) is 9.51. The van der Waals surface area contributed by atoms with E-state index in [-0.39, 0.29) is 5.69 Å². The SMILES string of the molecule is O=C(Nc1ccc(-c2cn(C(=O)ONCCN3CCNCC3)c3ccncc23)cc1)Nc1ccc(Cl)c(C(F)(F)F)c1. The van der Waals surface area contributed by atoms with Crippen LogP contribution >= 0.6 is 11.6 Å². The van der Waals surface area contributed by atoms with Crippen LogP contribution in [0.2, 0.25) is 5.02 Å². The number of hydrogen-bond donors (Lipinski definition) is 4. The number of nitrogens with zero attached hydrogens (tertiary/aromatic N) is 3. The number of halogens is 4. The van der Waals surface area contributed by atoms with Crippen molar-refractivity contribution < 1.29 is 27.6 Å². The average molecular weight is 602 g/mol. The molecule has 42 heavy (non-hydrogen) atoms. The van der Waals surface area contributed by atoms with E-state index in [1.54, 1.807) is 48.9 Å². The number of amides is 2. The van der Waals surface area contributed by atoms with Gasteiger partial charge in [0.05, 0.1) is 16.1 Å². The number of urea groups is 1. The molecule has 220 valence electrons. The number of benzene rings is 2. The summed E-state index contributed by atoms with van der Waals surface area (Å²) in [6.45, 7) is 5.00. The van der Waals surface area contributed by atoms with E-state index in [0.29, 0.717) is 23.3 Å². The largest absolute Gasteiger partial charge is 0.437 e. The third-order valence-electron chi connectivity index (χ3n) is 6.69. The Morgan fingerprint density at radius 2 is 1.74 bits per heavy atom. The van der Waals surface area contributed by atoms with Crippen molar-refractivity contribution in [2.24, 2.45) is 0 Å². The number of carbonyl (C=O) groups is 2. The standard InChI is InChI=1S/C28H27ClF3N7O3/c29-24-6-5-20(15-23(24)28(30,31)32)37-26(40)36-19-3-1-18(2-4-19)22-17-39(25-7-8-34-16-21(22)25)27(41)42-35-11-14-38-12-9-33-10-13-38/h1-8,15-17,33,35H,9-14H2,(H2,36,37,40). The third-order valence-corrected chi connectivity index (χ3v) is 7.01. The molecule has 10 nitrogen and oxygen atoms in total. The van der Waals surface area contributed by atoms with Gasteiger partial charge in [0.15, 0.2) is 0 Å². The highest BCUT2D eigenvalue weighted by Gasteiger charge is 2.33. The van der Waals surface area contributed by atoms with Crippen LogP contribution in [-0.4, -0.2) is 65.8 Å². The number of anilines is 2. The van der Waals surface area contributed by atoms with Gasteiger partial charge in [-0.25, -0.2) is 9.59 Å². The summed E-state index contributed by atoms with van der Waals surface area (Å²) in [6.07, 6.45) is -0.368. The van der Waals surface area contributed by atoms with E-state index in [0.717, 1.165) is 55.8 Å². The van der Waals surface area contributed by atoms with E-state index in [2.05, 4.69) is 31.3 Å². The topological polar surface area (TPSA) is 113 Å². The molecule has 0 saturated carbocycles. The molecule has 1 aliphatic heterocycles. The lowest BCUT2D eigenvalue weighted by Crippen LogP contribution is -2.45. The molecule has 1 aliphatic rings. The summed E-state index contributed by atoms with van der Waals surface area (Å²) in [5, 5.41) is 8.51. The maximum absolute atomic E-state index is 13.1. The molecular weight excluding hydrogens is 575 g/mol. The molecule has 4 N–H and O–H groups in total. The molecule has 2 aromatic heterocycles. The molecular formula is C28H27ClF3N7O3. The lowest BCUT2D eigenvalue weighted by molar-refractivity contribution is -0.137. The zero-order chi connectivity index (χ0) is 29.7. The number of pyridine rings is 1. The molecule has 1 saturated heterocycles. The van der Waals surface area contributed by atoms with E-state index in [9.17, 15) is 22.8 Å². The van der Waals surface area contributed by atoms with E-state index in [4.69, 9.17) is 16.4 Å². The van der Waals surface area contributed by atoms with Gasteiger partial charge in [-0.2, -0.15) is 18.7 Å². The van der Waals surface area contributed by atoms with E-state index < -0.39 is 28.9 Å². The lowest BCUT2D eigenvalue weighted by atomic mass is 10.1. The number of hydrogen-bond acceptors (Lipinski definition) is 7. The number of fused-ring (bicyclic) bond motifs is 1. The number of hydroxylamine groups is 1. The van der Waals surface area contributed by atoms with Gasteiger partial charge in [0.1, 0.15) is 0 Å². The minimum Gasteiger partial charge on any atom is -0.353 e. The van der Waals surface area contributed by atoms with Crippen molar-refractivity contribution in [2.45, 2.75) is 6.18 Å². The van der Waals surface area contributed by atoms with E-state index in [1.807, 2.05) is 0 Å². The molecule has 0 atom stereocenters. The Morgan fingerprint density at radius 3 is 2.48 bits per heavy atom. The molecule has 3 heterocycles. The fourth-order valence-electron chi connectivity index (χ4n) is 4.60. The Bertz CT molecular complexity index is 1570. The van der Waals surface area contributed by atoms with Crippen LogP contribution in [0, 0.1) is 0 Å². The molecule has 0 bridgehead atoms. The normalized spacial score (nSPS) is 14.1. The smallest absolute Gasteiger partial charge is 0.353 e. The highest BCUT2D eigenvalue weighted by atomic mass is 35.5. The Labute approximate surface area is 243 Å². The maximum Gasteiger partial charge on any atom is 0.437 e. The first-order valence-corrected chi connectivity index (χ1v) is 13.4. The second-order valence-corrected chi connectivity index (χ2v) is 9.92. The molecule has 0 spiro atoms. The Kier molecular flexibility index (Phi) is 8.92. The first kappa shape index (κ1) is 29.3. The maximum atomic E-state index is 13.1. The predicted octanol–water partition coefficient (Wildman–Crippen LogP) is 5.41. The zero-order valence-electron chi connectivity index (χ0n) is 22.2. The zero-order valence-corrected chi connectivity index (χ0v) is 22.9. The molecule has 2 aromatic carbocycles. The van der Waals surface area contributed by atoms with E-state index in [1.165, 1.54) is 10.6 Å². The minimum atomic E-state index is -4.65. The van der Waals surface area contributed by atoms with Gasteiger partial charge < -0.3 is 20.8 Å². The summed E-state index contributed by atoms with van der Waals surface area (Å²) in [4.78, 5) is 37.1. The fraction of sp³-hybridized carbons (Fsp3) is 0.250. The summed E-state index contributed by atoms with van der Waals surface area (Å²) in [6, 6.07) is 10.8. The van der Waals surface area contributed by atoms with Crippen LogP contribution < -0.4 is 21.4 Å². The van der Waals surface area contributed by atoms with Crippen LogP contribution in [0.4, 0.5) is 34.1 Å². The number of rotatable bonds is 7. The van der Waals surface area contributed by atoms with Gasteiger partial charge in [-0.05, 0) is 42.0 Å². The van der Waals surface area contributed by atoms with Gasteiger partial charge in [0.2, 0.25) is 0 Å². The third kappa shape index (κ3) is 6.99. The van der Waals surface area contributed by atoms with Gasteiger partial charge in [0, 0.05) is 80.2 Å². The van der Waals surface area contributed by atoms with Crippen LogP contribution in [0.25, 0.3) is 22.0 Å². The van der Waals surface area contributed by atoms with Crippen LogP contribution in [0.3, 0.4) is 0 Å². The van der Waals surface area contributed by atoms with Gasteiger partial charge >= 0.3 is 18.3 Å². The van der Waals surface area contributed by atoms with Gasteiger partial charge in [0.25, 0.3) is 0 Å². The molecule has 0 radical (unpaired) electrons. The summed E-state index contributed by atoms with van der Waals surface area (Å²) in [7, 11) is 0. The summed E-state index contributed by atoms with van der Waals surface area (Å²) >= 11 is 5.64. The molecule has 4 aromatic rings. The first-order chi connectivity index (χ1) is 20.2. The van der Waals surface area contributed by atoms with Crippen LogP contribution in [-0.2, 0) is 11.0 Å². The molecule has 5 rings (SSSR count). The van der Waals surface area contributed by atoms with Gasteiger partial charge in [-0.3, -0.25) is 14.5 Å². The second kappa shape index (κ2) is 12.8. The number of alkyl halides is 3. The molecule has 14 heteroatoms. The number of aromatic nitrogens is 2. The van der Waals surface area contributed by atoms with Crippen molar-refractivity contribution in [2.75, 3.05) is 49.9 Å². The van der Waals surface area contributed by atoms with Crippen molar-refractivity contribution in [1.82, 2.24) is 25.2 Å². The molecule has 0 unspecified atom stereocenters. The summed E-state index contributed by atoms with van der Waals surface area (Å²) < 4.78 is 40.7. The quantitative estimate of drug-likeness (QED) is 0.165. The van der Waals surface area contributed by atoms with Crippen molar-refractivity contribution in [3.8, 4) is 11.1 Å². The average Bonchev–Trinajstić information content (AvgIpc) is 3.36. The molecule has 0 aliphatic carbocycles. The highest BCUT2D eigenvalue weighted by Crippen LogP contribution is 2.36. The highest BCUT2D eigenvalue weighted by molar-refractivity contribution is 6.31.